The molecule has 0 bridgehead atoms. The van der Waals surface area contributed by atoms with Gasteiger partial charge in [-0.15, -0.1) is 5.10 Å². The molecule has 1 saturated heterocycles. The molecule has 2 aromatic rings. The van der Waals surface area contributed by atoms with Gasteiger partial charge in [0, 0.05) is 12.6 Å². The molecule has 0 spiro atoms. The second-order valence-corrected chi connectivity index (χ2v) is 6.75. The number of rotatable bonds is 4. The van der Waals surface area contributed by atoms with E-state index in [-0.39, 0.29) is 5.82 Å². The predicted molar refractivity (Wildman–Crippen MR) is 82.8 cm³/mol. The van der Waals surface area contributed by atoms with Crippen molar-refractivity contribution in [1.82, 2.24) is 14.5 Å². The highest BCUT2D eigenvalue weighted by atomic mass is 32.1. The average molecular weight is 305 g/mol. The van der Waals surface area contributed by atoms with E-state index < -0.39 is 0 Å². The SMILES string of the molecule is CC(C)c1nnsc1CN1CCC[C@H]1c1ccc(F)cc1. The molecule has 0 unspecified atom stereocenters. The van der Waals surface area contributed by atoms with E-state index in [0.717, 1.165) is 25.2 Å². The minimum atomic E-state index is -0.169. The van der Waals surface area contributed by atoms with Gasteiger partial charge in [0.05, 0.1) is 10.6 Å². The average Bonchev–Trinajstić information content (AvgIpc) is 3.09. The lowest BCUT2D eigenvalue weighted by Crippen LogP contribution is -2.23. The lowest BCUT2D eigenvalue weighted by Gasteiger charge is -2.24. The number of likely N-dealkylation sites (tertiary alicyclic amines) is 1. The molecule has 0 N–H and O–H groups in total. The maximum atomic E-state index is 13.1. The van der Waals surface area contributed by atoms with E-state index in [0.29, 0.717) is 12.0 Å². The molecule has 2 heterocycles. The molecule has 1 aliphatic heterocycles. The zero-order chi connectivity index (χ0) is 14.8. The number of hydrogen-bond acceptors (Lipinski definition) is 4. The Hall–Kier alpha value is -1.33. The Balaban J connectivity index is 1.78. The van der Waals surface area contributed by atoms with Crippen molar-refractivity contribution in [2.24, 2.45) is 0 Å². The largest absolute Gasteiger partial charge is 0.291 e. The second kappa shape index (κ2) is 6.20. The Morgan fingerprint density at radius 3 is 2.81 bits per heavy atom. The Kier molecular flexibility index (Phi) is 4.31. The van der Waals surface area contributed by atoms with Gasteiger partial charge >= 0.3 is 0 Å². The van der Waals surface area contributed by atoms with Crippen molar-refractivity contribution in [2.45, 2.75) is 45.2 Å². The van der Waals surface area contributed by atoms with Gasteiger partial charge in [-0.2, -0.15) is 0 Å². The molecule has 0 radical (unpaired) electrons. The first-order valence-electron chi connectivity index (χ1n) is 7.46. The fraction of sp³-hybridized carbons (Fsp3) is 0.500. The van der Waals surface area contributed by atoms with Crippen LogP contribution in [0.2, 0.25) is 0 Å². The normalized spacial score (nSPS) is 19.5. The van der Waals surface area contributed by atoms with Crippen LogP contribution in [0.25, 0.3) is 0 Å². The summed E-state index contributed by atoms with van der Waals surface area (Å²) >= 11 is 1.50. The number of aromatic nitrogens is 2. The van der Waals surface area contributed by atoms with Crippen LogP contribution in [0, 0.1) is 5.82 Å². The van der Waals surface area contributed by atoms with Crippen molar-refractivity contribution in [3.8, 4) is 0 Å². The molecule has 0 amide bonds. The van der Waals surface area contributed by atoms with Crippen molar-refractivity contribution >= 4 is 11.5 Å². The van der Waals surface area contributed by atoms with E-state index in [9.17, 15) is 4.39 Å². The van der Waals surface area contributed by atoms with E-state index in [1.807, 2.05) is 12.1 Å². The first-order valence-corrected chi connectivity index (χ1v) is 8.23. The zero-order valence-corrected chi connectivity index (χ0v) is 13.2. The maximum absolute atomic E-state index is 13.1. The molecule has 1 aromatic carbocycles. The van der Waals surface area contributed by atoms with Crippen LogP contribution in [-0.4, -0.2) is 21.0 Å². The van der Waals surface area contributed by atoms with Gasteiger partial charge < -0.3 is 0 Å². The van der Waals surface area contributed by atoms with Crippen molar-refractivity contribution in [3.05, 3.63) is 46.2 Å². The lowest BCUT2D eigenvalue weighted by molar-refractivity contribution is 0.249. The van der Waals surface area contributed by atoms with Gasteiger partial charge in [0.15, 0.2) is 0 Å². The molecule has 1 aliphatic rings. The summed E-state index contributed by atoms with van der Waals surface area (Å²) in [5, 5.41) is 4.26. The first kappa shape index (κ1) is 14.6. The van der Waals surface area contributed by atoms with Gasteiger partial charge in [-0.3, -0.25) is 4.90 Å². The molecule has 3 nitrogen and oxygen atoms in total. The monoisotopic (exact) mass is 305 g/mol. The molecule has 21 heavy (non-hydrogen) atoms. The van der Waals surface area contributed by atoms with Crippen LogP contribution >= 0.6 is 11.5 Å². The van der Waals surface area contributed by atoms with Crippen LogP contribution in [0.4, 0.5) is 4.39 Å². The highest BCUT2D eigenvalue weighted by molar-refractivity contribution is 7.05. The summed E-state index contributed by atoms with van der Waals surface area (Å²) in [4.78, 5) is 3.73. The molecule has 0 aliphatic carbocycles. The molecule has 112 valence electrons. The lowest BCUT2D eigenvalue weighted by atomic mass is 10.0. The van der Waals surface area contributed by atoms with E-state index in [4.69, 9.17) is 0 Å². The zero-order valence-electron chi connectivity index (χ0n) is 12.4. The topological polar surface area (TPSA) is 29.0 Å². The third-order valence-electron chi connectivity index (χ3n) is 4.10. The smallest absolute Gasteiger partial charge is 0.123 e. The highest BCUT2D eigenvalue weighted by Crippen LogP contribution is 2.34. The molecular formula is C16H20FN3S. The van der Waals surface area contributed by atoms with Gasteiger partial charge in [0.1, 0.15) is 5.82 Å². The van der Waals surface area contributed by atoms with Crippen LogP contribution in [0.15, 0.2) is 24.3 Å². The van der Waals surface area contributed by atoms with E-state index >= 15 is 0 Å². The van der Waals surface area contributed by atoms with E-state index in [1.54, 1.807) is 12.1 Å². The van der Waals surface area contributed by atoms with Crippen molar-refractivity contribution in [2.75, 3.05) is 6.54 Å². The Morgan fingerprint density at radius 1 is 1.33 bits per heavy atom. The van der Waals surface area contributed by atoms with Crippen molar-refractivity contribution < 1.29 is 4.39 Å². The fourth-order valence-corrected chi connectivity index (χ4v) is 3.85. The maximum Gasteiger partial charge on any atom is 0.123 e. The van der Waals surface area contributed by atoms with Gasteiger partial charge in [-0.25, -0.2) is 4.39 Å². The van der Waals surface area contributed by atoms with Gasteiger partial charge in [-0.05, 0) is 54.5 Å². The summed E-state index contributed by atoms with van der Waals surface area (Å²) in [5.74, 6) is 0.239. The quantitative estimate of drug-likeness (QED) is 0.850. The molecule has 1 fully saturated rings. The minimum absolute atomic E-state index is 0.169. The molecule has 5 heteroatoms. The van der Waals surface area contributed by atoms with Gasteiger partial charge in [0.25, 0.3) is 0 Å². The summed E-state index contributed by atoms with van der Waals surface area (Å²) in [6.45, 7) is 6.29. The second-order valence-electron chi connectivity index (χ2n) is 5.92. The summed E-state index contributed by atoms with van der Waals surface area (Å²) in [6.07, 6.45) is 2.32. The minimum Gasteiger partial charge on any atom is -0.291 e. The number of nitrogens with zero attached hydrogens (tertiary/aromatic N) is 3. The van der Waals surface area contributed by atoms with Crippen LogP contribution in [-0.2, 0) is 6.54 Å². The summed E-state index contributed by atoms with van der Waals surface area (Å²) in [5.41, 5.74) is 2.32. The van der Waals surface area contributed by atoms with E-state index in [2.05, 4.69) is 28.3 Å². The Morgan fingerprint density at radius 2 is 2.10 bits per heavy atom. The molecule has 0 saturated carbocycles. The summed E-state index contributed by atoms with van der Waals surface area (Å²) in [7, 11) is 0. The number of benzene rings is 1. The predicted octanol–water partition coefficient (Wildman–Crippen LogP) is 4.14. The first-order chi connectivity index (χ1) is 10.1. The highest BCUT2D eigenvalue weighted by Gasteiger charge is 2.27. The number of hydrogen-bond donors (Lipinski definition) is 0. The van der Waals surface area contributed by atoms with Gasteiger partial charge in [0.2, 0.25) is 0 Å². The fourth-order valence-electron chi connectivity index (χ4n) is 3.03. The Labute approximate surface area is 129 Å². The standard InChI is InChI=1S/C16H20FN3S/c1-11(2)16-15(21-19-18-16)10-20-9-3-4-14(20)12-5-7-13(17)8-6-12/h5-8,11,14H,3-4,9-10H2,1-2H3/t14-/m0/s1. The third-order valence-corrected chi connectivity index (χ3v) is 4.82. The number of halogens is 1. The van der Waals surface area contributed by atoms with Crippen LogP contribution in [0.3, 0.4) is 0 Å². The van der Waals surface area contributed by atoms with Crippen LogP contribution < -0.4 is 0 Å². The Bertz CT molecular complexity index is 594. The van der Waals surface area contributed by atoms with Crippen LogP contribution in [0.5, 0.6) is 0 Å². The van der Waals surface area contributed by atoms with Gasteiger partial charge in [-0.1, -0.05) is 30.5 Å². The van der Waals surface area contributed by atoms with Crippen LogP contribution in [0.1, 0.15) is 54.8 Å². The molecular weight excluding hydrogens is 285 g/mol. The van der Waals surface area contributed by atoms with Crippen molar-refractivity contribution in [1.29, 1.82) is 0 Å². The summed E-state index contributed by atoms with van der Waals surface area (Å²) < 4.78 is 17.2. The summed E-state index contributed by atoms with van der Waals surface area (Å²) in [6, 6.07) is 7.31. The van der Waals surface area contributed by atoms with E-state index in [1.165, 1.54) is 28.4 Å². The van der Waals surface area contributed by atoms with Crippen molar-refractivity contribution in [3.63, 3.8) is 0 Å². The molecule has 3 rings (SSSR count). The molecule has 1 atom stereocenters. The third kappa shape index (κ3) is 3.14. The molecule has 1 aromatic heterocycles.